The van der Waals surface area contributed by atoms with Gasteiger partial charge >= 0.3 is 0 Å². The number of carbonyl (C=O) groups excluding carboxylic acids is 1. The van der Waals surface area contributed by atoms with E-state index in [9.17, 15) is 4.79 Å². The molecule has 18 heavy (non-hydrogen) atoms. The molecular weight excluding hydrogens is 292 g/mol. The number of hydrogen-bond donors (Lipinski definition) is 0. The summed E-state index contributed by atoms with van der Waals surface area (Å²) < 4.78 is 3.96. The summed E-state index contributed by atoms with van der Waals surface area (Å²) >= 11 is 0. The van der Waals surface area contributed by atoms with Crippen molar-refractivity contribution in [3.05, 3.63) is 53.6 Å². The Morgan fingerprint density at radius 1 is 1.22 bits per heavy atom. The van der Waals surface area contributed by atoms with E-state index in [1.54, 1.807) is 0 Å². The molecule has 1 aromatic carbocycles. The second kappa shape index (κ2) is 5.96. The standard InChI is InChI=1S/C14H17N2O.BrH/c1-11-4-6-13(7-5-11)14(17)10-16-9-8-15(3)12(16)2;/h4-9H,10H2,1-3H3;1H/q+1;/p-1. The molecule has 96 valence electrons. The molecule has 0 N–H and O–H groups in total. The van der Waals surface area contributed by atoms with Crippen molar-refractivity contribution in [3.8, 4) is 0 Å². The van der Waals surface area contributed by atoms with E-state index in [1.807, 2.05) is 66.7 Å². The highest BCUT2D eigenvalue weighted by molar-refractivity contribution is 5.95. The van der Waals surface area contributed by atoms with E-state index in [0.29, 0.717) is 6.54 Å². The molecule has 0 unspecified atom stereocenters. The molecule has 0 radical (unpaired) electrons. The Morgan fingerprint density at radius 2 is 1.83 bits per heavy atom. The fourth-order valence-corrected chi connectivity index (χ4v) is 1.75. The molecule has 0 aliphatic heterocycles. The first-order valence-electron chi connectivity index (χ1n) is 5.69. The van der Waals surface area contributed by atoms with Gasteiger partial charge in [-0.05, 0) is 6.92 Å². The van der Waals surface area contributed by atoms with E-state index in [4.69, 9.17) is 0 Å². The molecule has 2 rings (SSSR count). The van der Waals surface area contributed by atoms with E-state index in [0.717, 1.165) is 11.4 Å². The Kier molecular flexibility index (Phi) is 4.84. The third kappa shape index (κ3) is 3.07. The maximum Gasteiger partial charge on any atom is 0.253 e. The molecule has 1 heterocycles. The van der Waals surface area contributed by atoms with Crippen LogP contribution in [0.2, 0.25) is 0 Å². The summed E-state index contributed by atoms with van der Waals surface area (Å²) in [6, 6.07) is 7.71. The van der Waals surface area contributed by atoms with Gasteiger partial charge in [-0.15, -0.1) is 0 Å². The number of nitrogens with zero attached hydrogens (tertiary/aromatic N) is 2. The predicted molar refractivity (Wildman–Crippen MR) is 65.9 cm³/mol. The van der Waals surface area contributed by atoms with E-state index in [1.165, 1.54) is 5.56 Å². The van der Waals surface area contributed by atoms with Crippen molar-refractivity contribution in [1.29, 1.82) is 0 Å². The molecule has 0 aliphatic carbocycles. The van der Waals surface area contributed by atoms with E-state index in [2.05, 4.69) is 0 Å². The maximum atomic E-state index is 12.1. The smallest absolute Gasteiger partial charge is 0.253 e. The van der Waals surface area contributed by atoms with Gasteiger partial charge in [-0.25, -0.2) is 9.13 Å². The van der Waals surface area contributed by atoms with Crippen molar-refractivity contribution in [1.82, 2.24) is 4.57 Å². The number of aromatic nitrogens is 2. The zero-order valence-electron chi connectivity index (χ0n) is 10.9. The first-order valence-corrected chi connectivity index (χ1v) is 5.69. The Hall–Kier alpha value is -1.42. The third-order valence-corrected chi connectivity index (χ3v) is 3.08. The van der Waals surface area contributed by atoms with Gasteiger partial charge in [-0.3, -0.25) is 4.79 Å². The lowest BCUT2D eigenvalue weighted by atomic mass is 10.1. The van der Waals surface area contributed by atoms with Crippen LogP contribution in [0.3, 0.4) is 0 Å². The molecule has 0 saturated heterocycles. The van der Waals surface area contributed by atoms with Gasteiger partial charge in [-0.2, -0.15) is 0 Å². The van der Waals surface area contributed by atoms with Crippen molar-refractivity contribution in [3.63, 3.8) is 0 Å². The molecule has 4 heteroatoms. The number of imidazole rings is 1. The minimum atomic E-state index is 0. The van der Waals surface area contributed by atoms with Crippen LogP contribution in [0.4, 0.5) is 0 Å². The Balaban J connectivity index is 0.00000162. The van der Waals surface area contributed by atoms with Gasteiger partial charge < -0.3 is 17.0 Å². The summed E-state index contributed by atoms with van der Waals surface area (Å²) in [5, 5.41) is 0. The second-order valence-electron chi connectivity index (χ2n) is 4.37. The van der Waals surface area contributed by atoms with Crippen LogP contribution in [0.5, 0.6) is 0 Å². The fraction of sp³-hybridized carbons (Fsp3) is 0.286. The number of Topliss-reactive ketones (excluding diaryl/α,β-unsaturated/α-hetero) is 1. The zero-order chi connectivity index (χ0) is 12.4. The lowest BCUT2D eigenvalue weighted by molar-refractivity contribution is -0.677. The van der Waals surface area contributed by atoms with Crippen molar-refractivity contribution in [2.45, 2.75) is 20.4 Å². The predicted octanol–water partition coefficient (Wildman–Crippen LogP) is -1.18. The molecule has 2 aromatic rings. The van der Waals surface area contributed by atoms with Crippen LogP contribution in [0, 0.1) is 13.8 Å². The monoisotopic (exact) mass is 308 g/mol. The van der Waals surface area contributed by atoms with Crippen molar-refractivity contribution in [2.24, 2.45) is 7.05 Å². The minimum Gasteiger partial charge on any atom is -1.00 e. The number of benzene rings is 1. The van der Waals surface area contributed by atoms with Gasteiger partial charge in [0, 0.05) is 12.5 Å². The van der Waals surface area contributed by atoms with Gasteiger partial charge in [0.2, 0.25) is 5.78 Å². The first-order chi connectivity index (χ1) is 8.08. The number of carbonyl (C=O) groups is 1. The Labute approximate surface area is 118 Å². The summed E-state index contributed by atoms with van der Waals surface area (Å²) in [6.07, 6.45) is 3.89. The first kappa shape index (κ1) is 14.6. The lowest BCUT2D eigenvalue weighted by Gasteiger charge is -2.00. The maximum absolute atomic E-state index is 12.1. The average molecular weight is 309 g/mol. The normalized spacial score (nSPS) is 9.94. The quantitative estimate of drug-likeness (QED) is 0.518. The lowest BCUT2D eigenvalue weighted by Crippen LogP contribution is -3.00. The third-order valence-electron chi connectivity index (χ3n) is 3.08. The Morgan fingerprint density at radius 3 is 2.33 bits per heavy atom. The van der Waals surface area contributed by atoms with Gasteiger partial charge in [0.05, 0.1) is 7.05 Å². The summed E-state index contributed by atoms with van der Waals surface area (Å²) in [5.41, 5.74) is 1.94. The van der Waals surface area contributed by atoms with E-state index < -0.39 is 0 Å². The molecule has 0 saturated carbocycles. The minimum absolute atomic E-state index is 0. The summed E-state index contributed by atoms with van der Waals surface area (Å²) in [5.74, 6) is 1.22. The SMILES string of the molecule is Cc1ccc(C(=O)Cn2cc[n+](C)c2C)cc1.[Br-]. The number of aryl methyl sites for hydroxylation is 2. The number of rotatable bonds is 3. The van der Waals surface area contributed by atoms with Crippen LogP contribution in [-0.4, -0.2) is 10.4 Å². The molecular formula is C14H17BrN2O. The summed E-state index contributed by atoms with van der Waals surface area (Å²) in [7, 11) is 1.97. The van der Waals surface area contributed by atoms with Crippen molar-refractivity contribution >= 4 is 5.78 Å². The Bertz CT molecular complexity index is 543. The summed E-state index contributed by atoms with van der Waals surface area (Å²) in [4.78, 5) is 12.1. The molecule has 3 nitrogen and oxygen atoms in total. The van der Waals surface area contributed by atoms with Crippen molar-refractivity contribution in [2.75, 3.05) is 0 Å². The van der Waals surface area contributed by atoms with Crippen LogP contribution >= 0.6 is 0 Å². The van der Waals surface area contributed by atoms with Gasteiger partial charge in [0.15, 0.2) is 6.54 Å². The number of ketones is 1. The van der Waals surface area contributed by atoms with Crippen LogP contribution in [0.1, 0.15) is 21.7 Å². The molecule has 0 bridgehead atoms. The van der Waals surface area contributed by atoms with E-state index >= 15 is 0 Å². The van der Waals surface area contributed by atoms with E-state index in [-0.39, 0.29) is 22.8 Å². The molecule has 1 aromatic heterocycles. The van der Waals surface area contributed by atoms with Crippen LogP contribution < -0.4 is 21.5 Å². The molecule has 0 aliphatic rings. The topological polar surface area (TPSA) is 25.9 Å². The molecule has 0 atom stereocenters. The van der Waals surface area contributed by atoms with Gasteiger partial charge in [-0.1, -0.05) is 29.8 Å². The average Bonchev–Trinajstić information content (AvgIpc) is 2.62. The van der Waals surface area contributed by atoms with Crippen LogP contribution in [0.15, 0.2) is 36.7 Å². The summed E-state index contributed by atoms with van der Waals surface area (Å²) in [6.45, 7) is 4.42. The molecule has 0 fully saturated rings. The molecule has 0 spiro atoms. The largest absolute Gasteiger partial charge is 1.00 e. The second-order valence-corrected chi connectivity index (χ2v) is 4.37. The fourth-order valence-electron chi connectivity index (χ4n) is 1.75. The zero-order valence-corrected chi connectivity index (χ0v) is 12.4. The highest BCUT2D eigenvalue weighted by atomic mass is 79.9. The highest BCUT2D eigenvalue weighted by Gasteiger charge is 2.14. The van der Waals surface area contributed by atoms with Crippen molar-refractivity contribution < 1.29 is 26.3 Å². The highest BCUT2D eigenvalue weighted by Crippen LogP contribution is 2.06. The van der Waals surface area contributed by atoms with Gasteiger partial charge in [0.25, 0.3) is 5.82 Å². The van der Waals surface area contributed by atoms with Crippen LogP contribution in [0.25, 0.3) is 0 Å². The number of hydrogen-bond acceptors (Lipinski definition) is 1. The van der Waals surface area contributed by atoms with Crippen LogP contribution in [-0.2, 0) is 13.6 Å². The molecule has 0 amide bonds. The number of halogens is 1. The van der Waals surface area contributed by atoms with Gasteiger partial charge in [0.1, 0.15) is 12.4 Å².